The molecule has 0 unspecified atom stereocenters. The van der Waals surface area contributed by atoms with Crippen molar-refractivity contribution < 1.29 is 4.79 Å². The van der Waals surface area contributed by atoms with Crippen molar-refractivity contribution >= 4 is 33.7 Å². The summed E-state index contributed by atoms with van der Waals surface area (Å²) in [6.07, 6.45) is 0. The average Bonchev–Trinajstić information content (AvgIpc) is 3.07. The third kappa shape index (κ3) is 2.66. The van der Waals surface area contributed by atoms with Crippen LogP contribution in [0.2, 0.25) is 0 Å². The maximum absolute atomic E-state index is 12.2. The minimum atomic E-state index is -0.469. The molecule has 0 spiro atoms. The third-order valence-electron chi connectivity index (χ3n) is 3.11. The Morgan fingerprint density at radius 2 is 2.00 bits per heavy atom. The van der Waals surface area contributed by atoms with Crippen LogP contribution in [-0.4, -0.2) is 21.8 Å². The largest absolute Gasteiger partial charge is 0.292 e. The maximum Gasteiger partial charge on any atom is 0.292 e. The zero-order valence-electron chi connectivity index (χ0n) is 11.7. The van der Waals surface area contributed by atoms with Crippen LogP contribution in [0.1, 0.15) is 22.3 Å². The van der Waals surface area contributed by atoms with Crippen LogP contribution in [0, 0.1) is 0 Å². The molecule has 0 aliphatic carbocycles. The molecule has 1 aromatic carbocycles. The lowest BCUT2D eigenvalue weighted by atomic mass is 10.1. The molecule has 6 nitrogen and oxygen atoms in total. The fraction of sp³-hybridized carbons (Fsp3) is 0.0667. The summed E-state index contributed by atoms with van der Waals surface area (Å²) < 4.78 is 0. The monoisotopic (exact) mass is 312 g/mol. The molecule has 0 aliphatic rings. The van der Waals surface area contributed by atoms with Crippen molar-refractivity contribution in [3.05, 3.63) is 62.7 Å². The molecular weight excluding hydrogens is 300 g/mol. The highest BCUT2D eigenvalue weighted by molar-refractivity contribution is 7.12. The van der Waals surface area contributed by atoms with Crippen LogP contribution < -0.4 is 11.0 Å². The summed E-state index contributed by atoms with van der Waals surface area (Å²) in [6.45, 7) is 1.81. The van der Waals surface area contributed by atoms with Crippen molar-refractivity contribution in [3.8, 4) is 0 Å². The molecule has 7 heteroatoms. The van der Waals surface area contributed by atoms with Gasteiger partial charge < -0.3 is 0 Å². The quantitative estimate of drug-likeness (QED) is 0.574. The molecule has 110 valence electrons. The first-order chi connectivity index (χ1) is 10.7. The average molecular weight is 312 g/mol. The standard InChI is InChI=1S/C15H12N4O2S/c1-9(12-7-4-8-22-12)16-19-15(21)13-10-5-2-3-6-11(10)14(20)18-17-13/h2-8H,1H3,(H,18,20)(H,19,21)/b16-9-. The highest BCUT2D eigenvalue weighted by Crippen LogP contribution is 2.12. The number of hydrogen-bond acceptors (Lipinski definition) is 5. The fourth-order valence-electron chi connectivity index (χ4n) is 2.01. The summed E-state index contributed by atoms with van der Waals surface area (Å²) >= 11 is 1.54. The lowest BCUT2D eigenvalue weighted by Gasteiger charge is -2.04. The minimum absolute atomic E-state index is 0.137. The summed E-state index contributed by atoms with van der Waals surface area (Å²) in [5, 5.41) is 13.1. The normalized spacial score (nSPS) is 11.6. The van der Waals surface area contributed by atoms with Crippen molar-refractivity contribution in [1.29, 1.82) is 0 Å². The SMILES string of the molecule is C/C(=N/NC(=O)c1n[nH]c(=O)c2ccccc12)c1cccs1. The predicted molar refractivity (Wildman–Crippen MR) is 86.4 cm³/mol. The van der Waals surface area contributed by atoms with Crippen molar-refractivity contribution in [3.63, 3.8) is 0 Å². The second kappa shape index (κ2) is 5.90. The number of aromatic nitrogens is 2. The van der Waals surface area contributed by atoms with Gasteiger partial charge in [-0.05, 0) is 24.4 Å². The highest BCUT2D eigenvalue weighted by Gasteiger charge is 2.13. The maximum atomic E-state index is 12.2. The summed E-state index contributed by atoms with van der Waals surface area (Å²) in [6, 6.07) is 10.6. The molecule has 22 heavy (non-hydrogen) atoms. The molecule has 2 aromatic heterocycles. The van der Waals surface area contributed by atoms with Crippen molar-refractivity contribution in [2.45, 2.75) is 6.92 Å². The Morgan fingerprint density at radius 1 is 1.23 bits per heavy atom. The molecule has 3 rings (SSSR count). The van der Waals surface area contributed by atoms with Gasteiger partial charge in [-0.3, -0.25) is 9.59 Å². The van der Waals surface area contributed by atoms with Gasteiger partial charge >= 0.3 is 0 Å². The number of hydrazone groups is 1. The second-order valence-electron chi connectivity index (χ2n) is 4.56. The number of fused-ring (bicyclic) bond motifs is 1. The number of aromatic amines is 1. The first-order valence-corrected chi connectivity index (χ1v) is 7.40. The lowest BCUT2D eigenvalue weighted by molar-refractivity contribution is 0.0950. The van der Waals surface area contributed by atoms with E-state index in [2.05, 4.69) is 20.7 Å². The van der Waals surface area contributed by atoms with Crippen molar-refractivity contribution in [2.75, 3.05) is 0 Å². The Hall–Kier alpha value is -2.80. The van der Waals surface area contributed by atoms with E-state index in [4.69, 9.17) is 0 Å². The molecule has 0 atom stereocenters. The molecule has 3 aromatic rings. The van der Waals surface area contributed by atoms with Crippen LogP contribution in [0.15, 0.2) is 51.7 Å². The van der Waals surface area contributed by atoms with E-state index in [1.54, 1.807) is 24.3 Å². The number of benzene rings is 1. The molecule has 1 amide bonds. The van der Waals surface area contributed by atoms with E-state index in [0.29, 0.717) is 16.5 Å². The third-order valence-corrected chi connectivity index (χ3v) is 4.09. The first kappa shape index (κ1) is 14.2. The van der Waals surface area contributed by atoms with Crippen LogP contribution in [0.25, 0.3) is 10.8 Å². The van der Waals surface area contributed by atoms with Crippen LogP contribution in [-0.2, 0) is 0 Å². The first-order valence-electron chi connectivity index (χ1n) is 6.53. The van der Waals surface area contributed by atoms with E-state index in [1.807, 2.05) is 24.4 Å². The molecule has 0 radical (unpaired) electrons. The van der Waals surface area contributed by atoms with Crippen molar-refractivity contribution in [2.24, 2.45) is 5.10 Å². The summed E-state index contributed by atoms with van der Waals surface area (Å²) in [5.41, 5.74) is 2.98. The van der Waals surface area contributed by atoms with Gasteiger partial charge in [-0.15, -0.1) is 11.3 Å². The van der Waals surface area contributed by atoms with Gasteiger partial charge in [0.25, 0.3) is 11.5 Å². The van der Waals surface area contributed by atoms with Crippen LogP contribution >= 0.6 is 11.3 Å². The zero-order valence-corrected chi connectivity index (χ0v) is 12.5. The predicted octanol–water partition coefficient (Wildman–Crippen LogP) is 2.14. The molecule has 2 N–H and O–H groups in total. The lowest BCUT2D eigenvalue weighted by Crippen LogP contribution is -2.23. The molecule has 0 aliphatic heterocycles. The number of amides is 1. The Bertz CT molecular complexity index is 913. The Morgan fingerprint density at radius 3 is 2.73 bits per heavy atom. The van der Waals surface area contributed by atoms with E-state index in [1.165, 1.54) is 11.3 Å². The number of H-pyrrole nitrogens is 1. The van der Waals surface area contributed by atoms with Gasteiger partial charge in [-0.2, -0.15) is 10.2 Å². The molecule has 0 bridgehead atoms. The van der Waals surface area contributed by atoms with E-state index in [-0.39, 0.29) is 11.3 Å². The van der Waals surface area contributed by atoms with Crippen LogP contribution in [0.4, 0.5) is 0 Å². The second-order valence-corrected chi connectivity index (χ2v) is 5.51. The number of rotatable bonds is 3. The highest BCUT2D eigenvalue weighted by atomic mass is 32.1. The number of hydrogen-bond donors (Lipinski definition) is 2. The van der Waals surface area contributed by atoms with Gasteiger partial charge in [0.1, 0.15) is 0 Å². The fourth-order valence-corrected chi connectivity index (χ4v) is 2.69. The molecular formula is C15H12N4O2S. The number of nitrogens with zero attached hydrogens (tertiary/aromatic N) is 2. The van der Waals surface area contributed by atoms with Gasteiger partial charge in [-0.25, -0.2) is 10.5 Å². The molecule has 2 heterocycles. The number of thiophene rings is 1. The Labute approximate surface area is 129 Å². The van der Waals surface area contributed by atoms with Gasteiger partial charge in [0.15, 0.2) is 5.69 Å². The molecule has 0 fully saturated rings. The van der Waals surface area contributed by atoms with Crippen molar-refractivity contribution in [1.82, 2.24) is 15.6 Å². The summed E-state index contributed by atoms with van der Waals surface area (Å²) in [7, 11) is 0. The Kier molecular flexibility index (Phi) is 3.80. The van der Waals surface area contributed by atoms with Gasteiger partial charge in [0, 0.05) is 10.3 Å². The molecule has 0 saturated heterocycles. The molecule has 0 saturated carbocycles. The topological polar surface area (TPSA) is 87.2 Å². The summed E-state index contributed by atoms with van der Waals surface area (Å²) in [4.78, 5) is 24.9. The number of nitrogens with one attached hydrogen (secondary N) is 2. The van der Waals surface area contributed by atoms with E-state index in [0.717, 1.165) is 4.88 Å². The zero-order chi connectivity index (χ0) is 15.5. The van der Waals surface area contributed by atoms with Crippen LogP contribution in [0.5, 0.6) is 0 Å². The van der Waals surface area contributed by atoms with Crippen LogP contribution in [0.3, 0.4) is 0 Å². The van der Waals surface area contributed by atoms with E-state index >= 15 is 0 Å². The smallest absolute Gasteiger partial charge is 0.267 e. The van der Waals surface area contributed by atoms with Gasteiger partial charge in [0.2, 0.25) is 0 Å². The van der Waals surface area contributed by atoms with Gasteiger partial charge in [-0.1, -0.05) is 24.3 Å². The number of carbonyl (C=O) groups is 1. The number of carbonyl (C=O) groups excluding carboxylic acids is 1. The van der Waals surface area contributed by atoms with E-state index in [9.17, 15) is 9.59 Å². The minimum Gasteiger partial charge on any atom is -0.267 e. The summed E-state index contributed by atoms with van der Waals surface area (Å²) in [5.74, 6) is -0.469. The van der Waals surface area contributed by atoms with E-state index < -0.39 is 5.91 Å². The van der Waals surface area contributed by atoms with Gasteiger partial charge in [0.05, 0.1) is 11.1 Å². The Balaban J connectivity index is 1.92.